The van der Waals surface area contributed by atoms with E-state index in [2.05, 4.69) is 10.3 Å². The summed E-state index contributed by atoms with van der Waals surface area (Å²) in [6.45, 7) is 7.94. The van der Waals surface area contributed by atoms with Crippen LogP contribution in [0.3, 0.4) is 0 Å². The first-order valence-electron chi connectivity index (χ1n) is 6.36. The van der Waals surface area contributed by atoms with Crippen LogP contribution in [-0.4, -0.2) is 30.2 Å². The van der Waals surface area contributed by atoms with Crippen molar-refractivity contribution in [3.05, 3.63) is 17.8 Å². The summed E-state index contributed by atoms with van der Waals surface area (Å²) in [5.41, 5.74) is 0.646. The molecule has 106 valence electrons. The van der Waals surface area contributed by atoms with Crippen LogP contribution < -0.4 is 10.1 Å². The minimum Gasteiger partial charge on any atom is -0.481 e. The summed E-state index contributed by atoms with van der Waals surface area (Å²) in [4.78, 5) is 16.2. The second kappa shape index (κ2) is 6.52. The molecule has 0 fully saturated rings. The summed E-state index contributed by atoms with van der Waals surface area (Å²) >= 11 is 0. The highest BCUT2D eigenvalue weighted by atomic mass is 16.5. The number of carbonyl (C=O) groups is 1. The number of aryl methyl sites for hydroxylation is 1. The molecule has 0 bridgehead atoms. The zero-order chi connectivity index (χ0) is 14.5. The Labute approximate surface area is 114 Å². The van der Waals surface area contributed by atoms with Gasteiger partial charge in [-0.2, -0.15) is 0 Å². The number of amides is 1. The molecule has 1 heterocycles. The van der Waals surface area contributed by atoms with Crippen LogP contribution in [0.1, 0.15) is 32.8 Å². The quantitative estimate of drug-likeness (QED) is 0.859. The van der Waals surface area contributed by atoms with Gasteiger partial charge in [-0.3, -0.25) is 4.79 Å². The highest BCUT2D eigenvalue weighted by molar-refractivity contribution is 5.96. The molecule has 5 nitrogen and oxygen atoms in total. The molecule has 1 rings (SSSR count). The predicted octanol–water partition coefficient (Wildman–Crippen LogP) is 2.54. The van der Waals surface area contributed by atoms with Gasteiger partial charge in [0.05, 0.1) is 19.0 Å². The molecule has 19 heavy (non-hydrogen) atoms. The fourth-order valence-electron chi connectivity index (χ4n) is 1.55. The highest BCUT2D eigenvalue weighted by Crippen LogP contribution is 2.19. The van der Waals surface area contributed by atoms with E-state index in [1.807, 2.05) is 19.9 Å². The number of anilines is 1. The molecule has 0 saturated carbocycles. The van der Waals surface area contributed by atoms with E-state index in [9.17, 15) is 4.79 Å². The van der Waals surface area contributed by atoms with Gasteiger partial charge in [0.15, 0.2) is 0 Å². The maximum atomic E-state index is 12.1. The zero-order valence-electron chi connectivity index (χ0n) is 12.2. The van der Waals surface area contributed by atoms with Crippen molar-refractivity contribution in [2.24, 2.45) is 0 Å². The molecule has 1 aromatic rings. The molecule has 0 spiro atoms. The Hall–Kier alpha value is -1.62. The van der Waals surface area contributed by atoms with Gasteiger partial charge in [0, 0.05) is 12.2 Å². The molecule has 0 aliphatic carbocycles. The van der Waals surface area contributed by atoms with Gasteiger partial charge in [-0.05, 0) is 33.3 Å². The summed E-state index contributed by atoms with van der Waals surface area (Å²) in [5.74, 6) is 0.367. The van der Waals surface area contributed by atoms with Crippen LogP contribution >= 0.6 is 0 Å². The third-order valence-electron chi connectivity index (χ3n) is 2.70. The van der Waals surface area contributed by atoms with Crippen molar-refractivity contribution < 1.29 is 14.3 Å². The first-order valence-corrected chi connectivity index (χ1v) is 6.36. The average molecular weight is 266 g/mol. The van der Waals surface area contributed by atoms with E-state index in [0.29, 0.717) is 18.2 Å². The number of pyridine rings is 1. The first-order chi connectivity index (χ1) is 8.90. The number of aromatic nitrogens is 1. The molecule has 0 atom stereocenters. The molecule has 1 N–H and O–H groups in total. The lowest BCUT2D eigenvalue weighted by atomic mass is 10.1. The zero-order valence-corrected chi connectivity index (χ0v) is 12.2. The van der Waals surface area contributed by atoms with E-state index >= 15 is 0 Å². The number of nitrogens with zero attached hydrogens (tertiary/aromatic N) is 1. The van der Waals surface area contributed by atoms with Gasteiger partial charge in [0.2, 0.25) is 5.88 Å². The van der Waals surface area contributed by atoms with Crippen LogP contribution in [0.15, 0.2) is 12.3 Å². The molecule has 0 aromatic carbocycles. The Kier molecular flexibility index (Phi) is 5.30. The van der Waals surface area contributed by atoms with Crippen molar-refractivity contribution in [1.82, 2.24) is 4.98 Å². The molecule has 5 heteroatoms. The number of nitrogens with one attached hydrogen (secondary N) is 1. The first kappa shape index (κ1) is 15.4. The summed E-state index contributed by atoms with van der Waals surface area (Å²) in [6.07, 6.45) is 2.44. The van der Waals surface area contributed by atoms with Crippen LogP contribution in [0.5, 0.6) is 5.88 Å². The van der Waals surface area contributed by atoms with E-state index in [1.165, 1.54) is 0 Å². The second-order valence-corrected chi connectivity index (χ2v) is 4.86. The van der Waals surface area contributed by atoms with Crippen LogP contribution in [0, 0.1) is 6.92 Å². The molecule has 1 amide bonds. The summed E-state index contributed by atoms with van der Waals surface area (Å²) in [6, 6.07) is 1.82. The average Bonchev–Trinajstić information content (AvgIpc) is 2.36. The van der Waals surface area contributed by atoms with Crippen molar-refractivity contribution in [1.29, 1.82) is 0 Å². The summed E-state index contributed by atoms with van der Waals surface area (Å²) < 4.78 is 10.6. The van der Waals surface area contributed by atoms with Crippen LogP contribution in [0.4, 0.5) is 5.69 Å². The minimum atomic E-state index is -0.857. The Morgan fingerprint density at radius 3 is 2.68 bits per heavy atom. The van der Waals surface area contributed by atoms with Crippen molar-refractivity contribution >= 4 is 11.6 Å². The topological polar surface area (TPSA) is 60.5 Å². The molecular weight excluding hydrogens is 244 g/mol. The second-order valence-electron chi connectivity index (χ2n) is 4.86. The Balaban J connectivity index is 2.73. The van der Waals surface area contributed by atoms with Gasteiger partial charge >= 0.3 is 0 Å². The Bertz CT molecular complexity index is 444. The third kappa shape index (κ3) is 4.21. The van der Waals surface area contributed by atoms with Gasteiger partial charge in [-0.25, -0.2) is 4.98 Å². The van der Waals surface area contributed by atoms with E-state index in [-0.39, 0.29) is 5.91 Å². The van der Waals surface area contributed by atoms with Gasteiger partial charge < -0.3 is 14.8 Å². The van der Waals surface area contributed by atoms with Crippen molar-refractivity contribution in [3.63, 3.8) is 0 Å². The lowest BCUT2D eigenvalue weighted by Crippen LogP contribution is -2.40. The standard InChI is InChI=1S/C14H22N2O3/c1-6-7-19-14(3,4)13(17)16-11-8-10(2)12(18-5)15-9-11/h8-9H,6-7H2,1-5H3,(H,16,17). The number of hydrogen-bond acceptors (Lipinski definition) is 4. The summed E-state index contributed by atoms with van der Waals surface area (Å²) in [5, 5.41) is 2.80. The summed E-state index contributed by atoms with van der Waals surface area (Å²) in [7, 11) is 1.56. The fourth-order valence-corrected chi connectivity index (χ4v) is 1.55. The Morgan fingerprint density at radius 2 is 2.16 bits per heavy atom. The van der Waals surface area contributed by atoms with Crippen molar-refractivity contribution in [2.75, 3.05) is 19.0 Å². The number of carbonyl (C=O) groups excluding carboxylic acids is 1. The normalized spacial score (nSPS) is 11.2. The highest BCUT2D eigenvalue weighted by Gasteiger charge is 2.28. The smallest absolute Gasteiger partial charge is 0.256 e. The van der Waals surface area contributed by atoms with Gasteiger partial charge in [-0.1, -0.05) is 6.92 Å². The number of hydrogen-bond donors (Lipinski definition) is 1. The number of methoxy groups -OCH3 is 1. The monoisotopic (exact) mass is 266 g/mol. The molecule has 0 unspecified atom stereocenters. The predicted molar refractivity (Wildman–Crippen MR) is 74.5 cm³/mol. The largest absolute Gasteiger partial charge is 0.481 e. The van der Waals surface area contributed by atoms with Crippen molar-refractivity contribution in [2.45, 2.75) is 39.7 Å². The molecule has 0 saturated heterocycles. The lowest BCUT2D eigenvalue weighted by molar-refractivity contribution is -0.137. The molecular formula is C14H22N2O3. The third-order valence-corrected chi connectivity index (χ3v) is 2.70. The van der Waals surface area contributed by atoms with Crippen LogP contribution in [0.25, 0.3) is 0 Å². The van der Waals surface area contributed by atoms with E-state index in [1.54, 1.807) is 27.2 Å². The van der Waals surface area contributed by atoms with Crippen LogP contribution in [-0.2, 0) is 9.53 Å². The molecule has 1 aromatic heterocycles. The molecule has 0 radical (unpaired) electrons. The van der Waals surface area contributed by atoms with Gasteiger partial charge in [-0.15, -0.1) is 0 Å². The minimum absolute atomic E-state index is 0.188. The van der Waals surface area contributed by atoms with Crippen LogP contribution in [0.2, 0.25) is 0 Å². The van der Waals surface area contributed by atoms with Gasteiger partial charge in [0.1, 0.15) is 5.60 Å². The van der Waals surface area contributed by atoms with E-state index < -0.39 is 5.60 Å². The van der Waals surface area contributed by atoms with Crippen molar-refractivity contribution in [3.8, 4) is 5.88 Å². The van der Waals surface area contributed by atoms with E-state index in [0.717, 1.165) is 12.0 Å². The maximum Gasteiger partial charge on any atom is 0.256 e. The maximum absolute atomic E-state index is 12.1. The fraction of sp³-hybridized carbons (Fsp3) is 0.571. The molecule has 0 aliphatic heterocycles. The van der Waals surface area contributed by atoms with E-state index in [4.69, 9.17) is 9.47 Å². The number of ether oxygens (including phenoxy) is 2. The SMILES string of the molecule is CCCOC(C)(C)C(=O)Nc1cnc(OC)c(C)c1. The van der Waals surface area contributed by atoms with Gasteiger partial charge in [0.25, 0.3) is 5.91 Å². The Morgan fingerprint density at radius 1 is 1.47 bits per heavy atom. The lowest BCUT2D eigenvalue weighted by Gasteiger charge is -2.24. The molecule has 0 aliphatic rings. The number of rotatable bonds is 6.